The molecule has 1 amide bonds. The Morgan fingerprint density at radius 1 is 1.35 bits per heavy atom. The third kappa shape index (κ3) is 4.43. The van der Waals surface area contributed by atoms with E-state index in [1.807, 2.05) is 13.8 Å². The quantitative estimate of drug-likeness (QED) is 0.856. The van der Waals surface area contributed by atoms with E-state index in [0.717, 1.165) is 0 Å². The summed E-state index contributed by atoms with van der Waals surface area (Å²) >= 11 is 0. The second-order valence-electron chi connectivity index (χ2n) is 4.33. The number of halogens is 1. The lowest BCUT2D eigenvalue weighted by Crippen LogP contribution is -2.38. The number of benzene rings is 1. The van der Waals surface area contributed by atoms with Crippen molar-refractivity contribution < 1.29 is 13.9 Å². The molecule has 1 rings (SSSR count). The molecule has 1 unspecified atom stereocenters. The highest BCUT2D eigenvalue weighted by Crippen LogP contribution is 2.16. The molecule has 0 bridgehead atoms. The van der Waals surface area contributed by atoms with Gasteiger partial charge in [-0.3, -0.25) is 4.79 Å². The van der Waals surface area contributed by atoms with Crippen molar-refractivity contribution in [3.8, 4) is 5.75 Å². The Balaban J connectivity index is 2.51. The van der Waals surface area contributed by atoms with Gasteiger partial charge in [-0.1, -0.05) is 26.0 Å². The number of carbonyl (C=O) groups is 1. The fourth-order valence-corrected chi connectivity index (χ4v) is 1.23. The molecule has 4 heteroatoms. The van der Waals surface area contributed by atoms with Gasteiger partial charge in [0, 0.05) is 6.54 Å². The number of carbonyl (C=O) groups excluding carboxylic acids is 1. The maximum Gasteiger partial charge on any atom is 0.260 e. The Bertz CT molecular complexity index is 379. The normalized spacial score (nSPS) is 12.3. The standard InChI is InChI=1S/C13H18FNO2/c1-9(2)8-15-13(16)10(3)17-12-7-5-4-6-11(12)14/h4-7,9-10H,8H2,1-3H3,(H,15,16). The van der Waals surface area contributed by atoms with E-state index in [4.69, 9.17) is 4.74 Å². The van der Waals surface area contributed by atoms with Gasteiger partial charge in [-0.2, -0.15) is 0 Å². The molecule has 0 fully saturated rings. The number of rotatable bonds is 5. The van der Waals surface area contributed by atoms with Crippen LogP contribution in [0.25, 0.3) is 0 Å². The van der Waals surface area contributed by atoms with E-state index in [-0.39, 0.29) is 11.7 Å². The van der Waals surface area contributed by atoms with E-state index >= 15 is 0 Å². The monoisotopic (exact) mass is 239 g/mol. The smallest absolute Gasteiger partial charge is 0.260 e. The predicted molar refractivity (Wildman–Crippen MR) is 64.3 cm³/mol. The molecule has 0 heterocycles. The first-order chi connectivity index (χ1) is 8.00. The summed E-state index contributed by atoms with van der Waals surface area (Å²) in [6.07, 6.45) is -0.703. The molecular weight excluding hydrogens is 221 g/mol. The number of nitrogens with one attached hydrogen (secondary N) is 1. The van der Waals surface area contributed by atoms with Crippen LogP contribution in [0.3, 0.4) is 0 Å². The van der Waals surface area contributed by atoms with Crippen LogP contribution in [-0.4, -0.2) is 18.6 Å². The highest BCUT2D eigenvalue weighted by molar-refractivity contribution is 5.80. The maximum absolute atomic E-state index is 13.3. The van der Waals surface area contributed by atoms with Gasteiger partial charge < -0.3 is 10.1 Å². The summed E-state index contributed by atoms with van der Waals surface area (Å²) in [5, 5.41) is 2.74. The zero-order valence-electron chi connectivity index (χ0n) is 10.4. The highest BCUT2D eigenvalue weighted by Gasteiger charge is 2.15. The molecule has 0 saturated carbocycles. The van der Waals surface area contributed by atoms with Crippen LogP contribution in [0.4, 0.5) is 4.39 Å². The van der Waals surface area contributed by atoms with Crippen LogP contribution < -0.4 is 10.1 Å². The van der Waals surface area contributed by atoms with E-state index < -0.39 is 11.9 Å². The SMILES string of the molecule is CC(C)CNC(=O)C(C)Oc1ccccc1F. The molecule has 1 atom stereocenters. The molecule has 0 aromatic heterocycles. The van der Waals surface area contributed by atoms with Crippen LogP contribution in [0.5, 0.6) is 5.75 Å². The van der Waals surface area contributed by atoms with Crippen LogP contribution in [0.2, 0.25) is 0 Å². The molecule has 0 saturated heterocycles. The van der Waals surface area contributed by atoms with E-state index in [9.17, 15) is 9.18 Å². The minimum Gasteiger partial charge on any atom is -0.478 e. The number of hydrogen-bond acceptors (Lipinski definition) is 2. The Morgan fingerprint density at radius 3 is 2.59 bits per heavy atom. The van der Waals surface area contributed by atoms with E-state index in [0.29, 0.717) is 12.5 Å². The van der Waals surface area contributed by atoms with Crippen molar-refractivity contribution in [2.75, 3.05) is 6.54 Å². The van der Waals surface area contributed by atoms with Crippen molar-refractivity contribution in [1.82, 2.24) is 5.32 Å². The van der Waals surface area contributed by atoms with Gasteiger partial charge in [0.2, 0.25) is 0 Å². The molecule has 0 radical (unpaired) electrons. The first kappa shape index (κ1) is 13.5. The number of para-hydroxylation sites is 1. The summed E-state index contributed by atoms with van der Waals surface area (Å²) in [5.41, 5.74) is 0. The maximum atomic E-state index is 13.3. The summed E-state index contributed by atoms with van der Waals surface area (Å²) in [6.45, 7) is 6.19. The number of hydrogen-bond donors (Lipinski definition) is 1. The second-order valence-corrected chi connectivity index (χ2v) is 4.33. The van der Waals surface area contributed by atoms with E-state index in [1.54, 1.807) is 19.1 Å². The fraction of sp³-hybridized carbons (Fsp3) is 0.462. The van der Waals surface area contributed by atoms with Gasteiger partial charge in [-0.15, -0.1) is 0 Å². The van der Waals surface area contributed by atoms with Gasteiger partial charge in [-0.05, 0) is 25.0 Å². The van der Waals surface area contributed by atoms with Gasteiger partial charge in [0.15, 0.2) is 17.7 Å². The van der Waals surface area contributed by atoms with Gasteiger partial charge in [-0.25, -0.2) is 4.39 Å². The molecular formula is C13H18FNO2. The number of amides is 1. The van der Waals surface area contributed by atoms with Gasteiger partial charge >= 0.3 is 0 Å². The van der Waals surface area contributed by atoms with Crippen LogP contribution in [0.1, 0.15) is 20.8 Å². The lowest BCUT2D eigenvalue weighted by molar-refractivity contribution is -0.127. The average Bonchev–Trinajstić information content (AvgIpc) is 2.28. The summed E-state index contributed by atoms with van der Waals surface area (Å²) in [5.74, 6) is -0.225. The largest absolute Gasteiger partial charge is 0.478 e. The van der Waals surface area contributed by atoms with E-state index in [1.165, 1.54) is 12.1 Å². The lowest BCUT2D eigenvalue weighted by Gasteiger charge is -2.15. The van der Waals surface area contributed by atoms with Gasteiger partial charge in [0.1, 0.15) is 0 Å². The first-order valence-corrected chi connectivity index (χ1v) is 5.69. The molecule has 1 N–H and O–H groups in total. The molecule has 94 valence electrons. The fourth-order valence-electron chi connectivity index (χ4n) is 1.23. The van der Waals surface area contributed by atoms with Crippen LogP contribution in [0, 0.1) is 11.7 Å². The summed E-state index contributed by atoms with van der Waals surface area (Å²) in [4.78, 5) is 11.6. The van der Waals surface area contributed by atoms with Crippen molar-refractivity contribution in [3.63, 3.8) is 0 Å². The summed E-state index contributed by atoms with van der Waals surface area (Å²) in [7, 11) is 0. The molecule has 17 heavy (non-hydrogen) atoms. The molecule has 0 aliphatic heterocycles. The van der Waals surface area contributed by atoms with Crippen molar-refractivity contribution in [1.29, 1.82) is 0 Å². The van der Waals surface area contributed by atoms with Crippen LogP contribution in [0.15, 0.2) is 24.3 Å². The third-order valence-corrected chi connectivity index (χ3v) is 2.19. The van der Waals surface area contributed by atoms with Crippen molar-refractivity contribution in [3.05, 3.63) is 30.1 Å². The predicted octanol–water partition coefficient (Wildman–Crippen LogP) is 2.37. The molecule has 0 aliphatic rings. The summed E-state index contributed by atoms with van der Waals surface area (Å²) < 4.78 is 18.5. The Labute approximate surface area is 101 Å². The Kier molecular flexibility index (Phi) is 4.94. The minimum atomic E-state index is -0.703. The zero-order valence-corrected chi connectivity index (χ0v) is 10.4. The first-order valence-electron chi connectivity index (χ1n) is 5.69. The molecule has 3 nitrogen and oxygen atoms in total. The topological polar surface area (TPSA) is 38.3 Å². The average molecular weight is 239 g/mol. The third-order valence-electron chi connectivity index (χ3n) is 2.19. The van der Waals surface area contributed by atoms with Gasteiger partial charge in [0.05, 0.1) is 0 Å². The minimum absolute atomic E-state index is 0.0969. The Morgan fingerprint density at radius 2 is 2.00 bits per heavy atom. The molecule has 0 spiro atoms. The van der Waals surface area contributed by atoms with Crippen LogP contribution >= 0.6 is 0 Å². The van der Waals surface area contributed by atoms with Crippen LogP contribution in [-0.2, 0) is 4.79 Å². The lowest BCUT2D eigenvalue weighted by atomic mass is 10.2. The van der Waals surface area contributed by atoms with Gasteiger partial charge in [0.25, 0.3) is 5.91 Å². The molecule has 0 aliphatic carbocycles. The summed E-state index contributed by atoms with van der Waals surface area (Å²) in [6, 6.07) is 6.04. The zero-order chi connectivity index (χ0) is 12.8. The van der Waals surface area contributed by atoms with Crippen molar-refractivity contribution >= 4 is 5.91 Å². The molecule has 1 aromatic carbocycles. The highest BCUT2D eigenvalue weighted by atomic mass is 19.1. The van der Waals surface area contributed by atoms with Crippen molar-refractivity contribution in [2.45, 2.75) is 26.9 Å². The Hall–Kier alpha value is -1.58. The molecule has 1 aromatic rings. The van der Waals surface area contributed by atoms with Crippen molar-refractivity contribution in [2.24, 2.45) is 5.92 Å². The van der Waals surface area contributed by atoms with E-state index in [2.05, 4.69) is 5.32 Å². The second kappa shape index (κ2) is 6.23. The number of ether oxygens (including phenoxy) is 1.